The van der Waals surface area contributed by atoms with E-state index in [0.29, 0.717) is 12.5 Å². The average Bonchev–Trinajstić information content (AvgIpc) is 3.10. The van der Waals surface area contributed by atoms with Gasteiger partial charge in [0.2, 0.25) is 0 Å². The normalized spacial score (nSPS) is 11.4. The van der Waals surface area contributed by atoms with Crippen molar-refractivity contribution in [2.75, 3.05) is 7.05 Å². The average molecular weight is 433 g/mol. The van der Waals surface area contributed by atoms with E-state index >= 15 is 0 Å². The lowest BCUT2D eigenvalue weighted by Crippen LogP contribution is -2.36. The topological polar surface area (TPSA) is 54.2 Å². The standard InChI is InChI=1S/C15H23N5S.HI/c1-12(2)11-20-7-6-17-14(20)10-19-15(16-3)18-9-13-5-4-8-21-13;/h4-8,12H,9-11H2,1-3H3,(H2,16,18,19);1H. The molecular formula is C15H24IN5S. The predicted molar refractivity (Wildman–Crippen MR) is 104 cm³/mol. The van der Waals surface area contributed by atoms with Crippen LogP contribution in [-0.4, -0.2) is 22.6 Å². The van der Waals surface area contributed by atoms with Gasteiger partial charge >= 0.3 is 0 Å². The summed E-state index contributed by atoms with van der Waals surface area (Å²) >= 11 is 1.74. The van der Waals surface area contributed by atoms with E-state index in [2.05, 4.69) is 56.5 Å². The first-order chi connectivity index (χ1) is 10.2. The number of aliphatic imine (C=N–C) groups is 1. The second-order valence-corrected chi connectivity index (χ2v) is 6.28. The molecule has 0 aromatic carbocycles. The summed E-state index contributed by atoms with van der Waals surface area (Å²) < 4.78 is 2.18. The van der Waals surface area contributed by atoms with Gasteiger partial charge in [0, 0.05) is 30.9 Å². The molecular weight excluding hydrogens is 409 g/mol. The highest BCUT2D eigenvalue weighted by molar-refractivity contribution is 14.0. The predicted octanol–water partition coefficient (Wildman–Crippen LogP) is 3.08. The third-order valence-corrected chi connectivity index (χ3v) is 3.89. The number of halogens is 1. The summed E-state index contributed by atoms with van der Waals surface area (Å²) in [5.74, 6) is 2.43. The molecule has 5 nitrogen and oxygen atoms in total. The fraction of sp³-hybridized carbons (Fsp3) is 0.467. The molecule has 0 bridgehead atoms. The Morgan fingerprint density at radius 1 is 1.36 bits per heavy atom. The van der Waals surface area contributed by atoms with Crippen molar-refractivity contribution in [2.45, 2.75) is 33.5 Å². The lowest BCUT2D eigenvalue weighted by atomic mass is 10.2. The first-order valence-electron chi connectivity index (χ1n) is 7.16. The van der Waals surface area contributed by atoms with E-state index in [-0.39, 0.29) is 24.0 Å². The molecule has 2 aromatic rings. The van der Waals surface area contributed by atoms with Crippen LogP contribution in [0.1, 0.15) is 24.5 Å². The summed E-state index contributed by atoms with van der Waals surface area (Å²) in [5.41, 5.74) is 0. The van der Waals surface area contributed by atoms with Gasteiger partial charge in [-0.25, -0.2) is 4.98 Å². The lowest BCUT2D eigenvalue weighted by Gasteiger charge is -2.13. The number of rotatable bonds is 6. The largest absolute Gasteiger partial charge is 0.352 e. The van der Waals surface area contributed by atoms with Gasteiger partial charge < -0.3 is 15.2 Å². The number of guanidine groups is 1. The van der Waals surface area contributed by atoms with Crippen LogP contribution in [0.25, 0.3) is 0 Å². The van der Waals surface area contributed by atoms with Crippen LogP contribution in [0.4, 0.5) is 0 Å². The van der Waals surface area contributed by atoms with Crippen molar-refractivity contribution < 1.29 is 0 Å². The number of nitrogens with zero attached hydrogens (tertiary/aromatic N) is 3. The van der Waals surface area contributed by atoms with Gasteiger partial charge in [-0.15, -0.1) is 35.3 Å². The van der Waals surface area contributed by atoms with Crippen LogP contribution in [0.5, 0.6) is 0 Å². The molecule has 0 atom stereocenters. The van der Waals surface area contributed by atoms with E-state index in [1.54, 1.807) is 18.4 Å². The molecule has 0 fully saturated rings. The quantitative estimate of drug-likeness (QED) is 0.418. The van der Waals surface area contributed by atoms with Crippen molar-refractivity contribution in [1.29, 1.82) is 0 Å². The lowest BCUT2D eigenvalue weighted by molar-refractivity contribution is 0.503. The van der Waals surface area contributed by atoms with Gasteiger partial charge in [0.1, 0.15) is 5.82 Å². The number of imidazole rings is 1. The maximum atomic E-state index is 4.41. The first-order valence-corrected chi connectivity index (χ1v) is 8.04. The van der Waals surface area contributed by atoms with Gasteiger partial charge in [-0.2, -0.15) is 0 Å². The van der Waals surface area contributed by atoms with Crippen molar-refractivity contribution in [3.05, 3.63) is 40.6 Å². The van der Waals surface area contributed by atoms with Gasteiger partial charge in [0.15, 0.2) is 5.96 Å². The van der Waals surface area contributed by atoms with Gasteiger partial charge in [0.25, 0.3) is 0 Å². The highest BCUT2D eigenvalue weighted by atomic mass is 127. The zero-order valence-electron chi connectivity index (χ0n) is 13.2. The molecule has 122 valence electrons. The molecule has 0 amide bonds. The molecule has 0 saturated carbocycles. The van der Waals surface area contributed by atoms with Gasteiger partial charge in [0.05, 0.1) is 13.1 Å². The van der Waals surface area contributed by atoms with Crippen LogP contribution in [0.3, 0.4) is 0 Å². The van der Waals surface area contributed by atoms with Crippen LogP contribution in [0, 0.1) is 5.92 Å². The number of hydrogen-bond donors (Lipinski definition) is 2. The SMILES string of the molecule is CN=C(NCc1cccs1)NCc1nccn1CC(C)C.I. The zero-order valence-corrected chi connectivity index (χ0v) is 16.4. The van der Waals surface area contributed by atoms with Crippen molar-refractivity contribution >= 4 is 41.3 Å². The Morgan fingerprint density at radius 2 is 2.14 bits per heavy atom. The molecule has 0 radical (unpaired) electrons. The van der Waals surface area contributed by atoms with Crippen molar-refractivity contribution in [3.63, 3.8) is 0 Å². The maximum absolute atomic E-state index is 4.41. The van der Waals surface area contributed by atoms with E-state index < -0.39 is 0 Å². The van der Waals surface area contributed by atoms with Crippen molar-refractivity contribution in [2.24, 2.45) is 10.9 Å². The van der Waals surface area contributed by atoms with Crippen LogP contribution >= 0.6 is 35.3 Å². The monoisotopic (exact) mass is 433 g/mol. The van der Waals surface area contributed by atoms with E-state index in [0.717, 1.165) is 24.9 Å². The molecule has 0 aliphatic rings. The molecule has 0 aliphatic heterocycles. The fourth-order valence-electron chi connectivity index (χ4n) is 2.03. The molecule has 2 aromatic heterocycles. The van der Waals surface area contributed by atoms with Crippen LogP contribution in [0.2, 0.25) is 0 Å². The molecule has 0 saturated heterocycles. The van der Waals surface area contributed by atoms with Crippen molar-refractivity contribution in [3.8, 4) is 0 Å². The molecule has 2 heterocycles. The Labute approximate surface area is 153 Å². The minimum Gasteiger partial charge on any atom is -0.352 e. The maximum Gasteiger partial charge on any atom is 0.191 e. The van der Waals surface area contributed by atoms with Gasteiger partial charge in [-0.05, 0) is 17.4 Å². The second-order valence-electron chi connectivity index (χ2n) is 5.25. The number of nitrogens with one attached hydrogen (secondary N) is 2. The minimum atomic E-state index is 0. The molecule has 0 spiro atoms. The molecule has 0 unspecified atom stereocenters. The first kappa shape index (κ1) is 19.0. The van der Waals surface area contributed by atoms with Gasteiger partial charge in [-0.1, -0.05) is 19.9 Å². The van der Waals surface area contributed by atoms with Crippen LogP contribution in [0.15, 0.2) is 34.9 Å². The van der Waals surface area contributed by atoms with Crippen LogP contribution in [-0.2, 0) is 19.6 Å². The third-order valence-electron chi connectivity index (χ3n) is 3.01. The minimum absolute atomic E-state index is 0. The smallest absolute Gasteiger partial charge is 0.191 e. The van der Waals surface area contributed by atoms with E-state index in [4.69, 9.17) is 0 Å². The third kappa shape index (κ3) is 5.96. The summed E-state index contributed by atoms with van der Waals surface area (Å²) in [4.78, 5) is 9.94. The number of hydrogen-bond acceptors (Lipinski definition) is 3. The van der Waals surface area contributed by atoms with E-state index in [9.17, 15) is 0 Å². The molecule has 2 rings (SSSR count). The molecule has 2 N–H and O–H groups in total. The Morgan fingerprint density at radius 3 is 2.77 bits per heavy atom. The Kier molecular flexibility index (Phi) is 8.47. The number of thiophene rings is 1. The summed E-state index contributed by atoms with van der Waals surface area (Å²) in [6.07, 6.45) is 3.88. The van der Waals surface area contributed by atoms with E-state index in [1.807, 2.05) is 12.4 Å². The van der Waals surface area contributed by atoms with E-state index in [1.165, 1.54) is 4.88 Å². The summed E-state index contributed by atoms with van der Waals surface area (Å²) in [6.45, 7) is 6.86. The summed E-state index contributed by atoms with van der Waals surface area (Å²) in [6, 6.07) is 4.17. The Hall–Kier alpha value is -1.09. The second kappa shape index (κ2) is 9.83. The molecule has 0 aliphatic carbocycles. The van der Waals surface area contributed by atoms with Gasteiger partial charge in [-0.3, -0.25) is 4.99 Å². The Bertz CT molecular complexity index is 562. The number of aromatic nitrogens is 2. The molecule has 7 heteroatoms. The fourth-order valence-corrected chi connectivity index (χ4v) is 2.68. The summed E-state index contributed by atoms with van der Waals surface area (Å²) in [7, 11) is 1.78. The van der Waals surface area contributed by atoms with Crippen molar-refractivity contribution in [1.82, 2.24) is 20.2 Å². The molecule has 22 heavy (non-hydrogen) atoms. The van der Waals surface area contributed by atoms with Crippen LogP contribution < -0.4 is 10.6 Å². The highest BCUT2D eigenvalue weighted by Crippen LogP contribution is 2.07. The Balaban J connectivity index is 0.00000242. The highest BCUT2D eigenvalue weighted by Gasteiger charge is 2.06. The zero-order chi connectivity index (χ0) is 15.1. The summed E-state index contributed by atoms with van der Waals surface area (Å²) in [5, 5.41) is 8.69.